The number of rotatable bonds is 3. The first-order chi connectivity index (χ1) is 11.3. The number of likely N-dealkylation sites (tertiary alicyclic amines) is 1. The van der Waals surface area contributed by atoms with Crippen LogP contribution in [0.25, 0.3) is 21.8 Å². The highest BCUT2D eigenvalue weighted by atomic mass is 15.1. The molecule has 0 atom stereocenters. The van der Waals surface area contributed by atoms with Gasteiger partial charge in [0.1, 0.15) is 0 Å². The van der Waals surface area contributed by atoms with Crippen molar-refractivity contribution in [2.24, 2.45) is 5.92 Å². The molecule has 0 unspecified atom stereocenters. The van der Waals surface area contributed by atoms with Crippen molar-refractivity contribution in [1.29, 1.82) is 0 Å². The number of hydrogen-bond donors (Lipinski definition) is 0. The van der Waals surface area contributed by atoms with Gasteiger partial charge in [-0.3, -0.25) is 4.90 Å². The number of hydrogen-bond acceptors (Lipinski definition) is 1. The first-order valence-electron chi connectivity index (χ1n) is 8.98. The van der Waals surface area contributed by atoms with Crippen molar-refractivity contribution < 1.29 is 0 Å². The fourth-order valence-corrected chi connectivity index (χ4v) is 4.02. The zero-order chi connectivity index (χ0) is 15.8. The SMILES string of the molecule is CCn1c2ccccc2c2cc(CN3CCC(C)CC3)ccc21. The van der Waals surface area contributed by atoms with E-state index in [1.54, 1.807) is 0 Å². The largest absolute Gasteiger partial charge is 0.341 e. The summed E-state index contributed by atoms with van der Waals surface area (Å²) in [6, 6.07) is 15.9. The van der Waals surface area contributed by atoms with Crippen LogP contribution in [0.15, 0.2) is 42.5 Å². The van der Waals surface area contributed by atoms with Crippen LogP contribution in [0.4, 0.5) is 0 Å². The third-order valence-electron chi connectivity index (χ3n) is 5.44. The first kappa shape index (κ1) is 14.8. The van der Waals surface area contributed by atoms with Crippen molar-refractivity contribution in [3.63, 3.8) is 0 Å². The minimum atomic E-state index is 0.899. The number of aryl methyl sites for hydroxylation is 1. The zero-order valence-electron chi connectivity index (χ0n) is 14.3. The molecule has 2 heterocycles. The average Bonchev–Trinajstić information content (AvgIpc) is 2.90. The van der Waals surface area contributed by atoms with Gasteiger partial charge in [0.15, 0.2) is 0 Å². The molecular weight excluding hydrogens is 280 g/mol. The van der Waals surface area contributed by atoms with E-state index in [-0.39, 0.29) is 0 Å². The van der Waals surface area contributed by atoms with Crippen molar-refractivity contribution in [3.05, 3.63) is 48.0 Å². The summed E-state index contributed by atoms with van der Waals surface area (Å²) in [5, 5.41) is 2.80. The molecule has 0 spiro atoms. The van der Waals surface area contributed by atoms with Gasteiger partial charge < -0.3 is 4.57 Å². The molecule has 0 aliphatic carbocycles. The van der Waals surface area contributed by atoms with Crippen LogP contribution in [-0.2, 0) is 13.1 Å². The molecule has 1 aromatic heterocycles. The molecule has 0 bridgehead atoms. The van der Waals surface area contributed by atoms with Crippen molar-refractivity contribution in [2.75, 3.05) is 13.1 Å². The Hall–Kier alpha value is -1.80. The highest BCUT2D eigenvalue weighted by Crippen LogP contribution is 2.30. The third kappa shape index (κ3) is 2.66. The van der Waals surface area contributed by atoms with Crippen LogP contribution in [0.5, 0.6) is 0 Å². The molecule has 1 aliphatic rings. The van der Waals surface area contributed by atoms with Gasteiger partial charge in [0.05, 0.1) is 0 Å². The molecule has 1 aliphatic heterocycles. The monoisotopic (exact) mass is 306 g/mol. The molecule has 1 fully saturated rings. The molecule has 2 nitrogen and oxygen atoms in total. The molecule has 0 radical (unpaired) electrons. The summed E-state index contributed by atoms with van der Waals surface area (Å²) < 4.78 is 2.43. The lowest BCUT2D eigenvalue weighted by molar-refractivity contribution is 0.185. The summed E-state index contributed by atoms with van der Waals surface area (Å²) in [6.07, 6.45) is 2.69. The van der Waals surface area contributed by atoms with Crippen molar-refractivity contribution >= 4 is 21.8 Å². The van der Waals surface area contributed by atoms with Crippen LogP contribution in [0.2, 0.25) is 0 Å². The fourth-order valence-electron chi connectivity index (χ4n) is 4.02. The number of para-hydroxylation sites is 1. The molecule has 120 valence electrons. The Labute approximate surface area is 138 Å². The third-order valence-corrected chi connectivity index (χ3v) is 5.44. The van der Waals surface area contributed by atoms with Gasteiger partial charge in [0.2, 0.25) is 0 Å². The molecule has 3 aromatic rings. The van der Waals surface area contributed by atoms with Crippen LogP contribution in [0, 0.1) is 5.92 Å². The van der Waals surface area contributed by atoms with Crippen LogP contribution >= 0.6 is 0 Å². The molecule has 4 rings (SSSR count). The number of piperidine rings is 1. The first-order valence-corrected chi connectivity index (χ1v) is 8.98. The molecule has 2 aromatic carbocycles. The average molecular weight is 306 g/mol. The Morgan fingerprint density at radius 3 is 2.48 bits per heavy atom. The van der Waals surface area contributed by atoms with E-state index in [1.807, 2.05) is 0 Å². The number of nitrogens with zero attached hydrogens (tertiary/aromatic N) is 2. The van der Waals surface area contributed by atoms with Gasteiger partial charge >= 0.3 is 0 Å². The summed E-state index contributed by atoms with van der Waals surface area (Å²) >= 11 is 0. The van der Waals surface area contributed by atoms with E-state index in [0.29, 0.717) is 0 Å². The predicted molar refractivity (Wildman–Crippen MR) is 98.8 cm³/mol. The van der Waals surface area contributed by atoms with E-state index in [1.165, 1.54) is 53.3 Å². The molecule has 0 amide bonds. The maximum atomic E-state index is 2.61. The summed E-state index contributed by atoms with van der Waals surface area (Å²) in [4.78, 5) is 2.61. The summed E-state index contributed by atoms with van der Waals surface area (Å²) in [5.74, 6) is 0.899. The second-order valence-electron chi connectivity index (χ2n) is 7.07. The van der Waals surface area contributed by atoms with Gasteiger partial charge in [-0.05, 0) is 62.5 Å². The van der Waals surface area contributed by atoms with Crippen LogP contribution in [-0.4, -0.2) is 22.6 Å². The van der Waals surface area contributed by atoms with E-state index in [4.69, 9.17) is 0 Å². The maximum absolute atomic E-state index is 2.61. The van der Waals surface area contributed by atoms with Crippen molar-refractivity contribution in [2.45, 2.75) is 39.8 Å². The standard InChI is InChI=1S/C21H26N2/c1-3-23-20-7-5-4-6-18(20)19-14-17(8-9-21(19)23)15-22-12-10-16(2)11-13-22/h4-9,14,16H,3,10-13,15H2,1-2H3. The smallest absolute Gasteiger partial charge is 0.0491 e. The van der Waals surface area contributed by atoms with E-state index < -0.39 is 0 Å². The minimum absolute atomic E-state index is 0.899. The van der Waals surface area contributed by atoms with Gasteiger partial charge in [-0.25, -0.2) is 0 Å². The predicted octanol–water partition coefficient (Wildman–Crippen LogP) is 5.05. The van der Waals surface area contributed by atoms with Crippen LogP contribution < -0.4 is 0 Å². The number of fused-ring (bicyclic) bond motifs is 3. The van der Waals surface area contributed by atoms with Gasteiger partial charge in [-0.2, -0.15) is 0 Å². The summed E-state index contributed by atoms with van der Waals surface area (Å²) in [7, 11) is 0. The lowest BCUT2D eigenvalue weighted by atomic mass is 9.98. The van der Waals surface area contributed by atoms with Gasteiger partial charge in [-0.15, -0.1) is 0 Å². The number of benzene rings is 2. The van der Waals surface area contributed by atoms with Crippen molar-refractivity contribution in [1.82, 2.24) is 9.47 Å². The fraction of sp³-hybridized carbons (Fsp3) is 0.429. The second kappa shape index (κ2) is 6.01. The van der Waals surface area contributed by atoms with Crippen LogP contribution in [0.1, 0.15) is 32.3 Å². The van der Waals surface area contributed by atoms with E-state index >= 15 is 0 Å². The number of aromatic nitrogens is 1. The second-order valence-corrected chi connectivity index (χ2v) is 7.07. The Bertz CT molecular complexity index is 822. The Morgan fingerprint density at radius 2 is 1.70 bits per heavy atom. The minimum Gasteiger partial charge on any atom is -0.341 e. The topological polar surface area (TPSA) is 8.17 Å². The van der Waals surface area contributed by atoms with E-state index in [9.17, 15) is 0 Å². The van der Waals surface area contributed by atoms with Gasteiger partial charge in [0.25, 0.3) is 0 Å². The zero-order valence-corrected chi connectivity index (χ0v) is 14.3. The lowest BCUT2D eigenvalue weighted by Crippen LogP contribution is -2.32. The van der Waals surface area contributed by atoms with E-state index in [0.717, 1.165) is 19.0 Å². The van der Waals surface area contributed by atoms with Crippen LogP contribution in [0.3, 0.4) is 0 Å². The molecule has 1 saturated heterocycles. The Kier molecular flexibility index (Phi) is 3.86. The molecule has 2 heteroatoms. The highest BCUT2D eigenvalue weighted by molar-refractivity contribution is 6.08. The van der Waals surface area contributed by atoms with Gasteiger partial charge in [-0.1, -0.05) is 31.2 Å². The Balaban J connectivity index is 1.71. The lowest BCUT2D eigenvalue weighted by Gasteiger charge is -2.30. The molecular formula is C21H26N2. The normalized spacial score (nSPS) is 17.3. The quantitative estimate of drug-likeness (QED) is 0.657. The summed E-state index contributed by atoms with van der Waals surface area (Å²) in [5.41, 5.74) is 4.17. The molecule has 23 heavy (non-hydrogen) atoms. The maximum Gasteiger partial charge on any atom is 0.0491 e. The highest BCUT2D eigenvalue weighted by Gasteiger charge is 2.16. The summed E-state index contributed by atoms with van der Waals surface area (Å²) in [6.45, 7) is 9.21. The van der Waals surface area contributed by atoms with Crippen molar-refractivity contribution in [3.8, 4) is 0 Å². The molecule has 0 saturated carbocycles. The Morgan fingerprint density at radius 1 is 0.957 bits per heavy atom. The van der Waals surface area contributed by atoms with E-state index in [2.05, 4.69) is 65.8 Å². The van der Waals surface area contributed by atoms with Gasteiger partial charge in [0, 0.05) is 34.9 Å². The molecule has 0 N–H and O–H groups in total.